The first-order valence-corrected chi connectivity index (χ1v) is 7.01. The van der Waals surface area contributed by atoms with Crippen LogP contribution < -0.4 is 5.32 Å². The van der Waals surface area contributed by atoms with Crippen molar-refractivity contribution in [2.75, 3.05) is 13.2 Å². The summed E-state index contributed by atoms with van der Waals surface area (Å²) >= 11 is 1.73. The summed E-state index contributed by atoms with van der Waals surface area (Å²) in [4.78, 5) is 4.48. The second kappa shape index (κ2) is 6.33. The lowest BCUT2D eigenvalue weighted by molar-refractivity contribution is 0.0893. The Kier molecular flexibility index (Phi) is 4.75. The van der Waals surface area contributed by atoms with Crippen molar-refractivity contribution >= 4 is 11.3 Å². The minimum Gasteiger partial charge on any atom is -0.374 e. The van der Waals surface area contributed by atoms with Crippen molar-refractivity contribution in [3.63, 3.8) is 0 Å². The first-order valence-electron chi connectivity index (χ1n) is 6.13. The number of hydrogen-bond donors (Lipinski definition) is 1. The third kappa shape index (κ3) is 3.54. The van der Waals surface area contributed by atoms with Crippen molar-refractivity contribution in [2.45, 2.75) is 45.3 Å². The summed E-state index contributed by atoms with van der Waals surface area (Å²) in [6, 6.07) is 0.554. The topological polar surface area (TPSA) is 34.1 Å². The number of rotatable bonds is 5. The van der Waals surface area contributed by atoms with Crippen molar-refractivity contribution < 1.29 is 4.74 Å². The average Bonchev–Trinajstić information content (AvgIpc) is 2.78. The second-order valence-electron chi connectivity index (χ2n) is 4.25. The molecule has 1 aromatic rings. The Balaban J connectivity index is 1.66. The Hall–Kier alpha value is -0.450. The normalized spacial score (nSPS) is 21.2. The van der Waals surface area contributed by atoms with Gasteiger partial charge in [-0.3, -0.25) is 0 Å². The molecule has 2 heterocycles. The first-order chi connectivity index (χ1) is 7.88. The Morgan fingerprint density at radius 2 is 2.50 bits per heavy atom. The largest absolute Gasteiger partial charge is 0.374 e. The molecule has 4 heteroatoms. The fourth-order valence-corrected chi connectivity index (χ4v) is 2.68. The van der Waals surface area contributed by atoms with Gasteiger partial charge in [0.05, 0.1) is 23.9 Å². The molecular formula is C12H20N2OS. The number of hydrogen-bond acceptors (Lipinski definition) is 4. The van der Waals surface area contributed by atoms with E-state index in [9.17, 15) is 0 Å². The van der Waals surface area contributed by atoms with E-state index < -0.39 is 0 Å². The van der Waals surface area contributed by atoms with Crippen molar-refractivity contribution in [3.8, 4) is 0 Å². The Bertz CT molecular complexity index is 308. The van der Waals surface area contributed by atoms with E-state index in [1.807, 2.05) is 0 Å². The number of aryl methyl sites for hydroxylation is 1. The molecule has 0 radical (unpaired) electrons. The van der Waals surface area contributed by atoms with E-state index in [-0.39, 0.29) is 0 Å². The van der Waals surface area contributed by atoms with Gasteiger partial charge in [0.2, 0.25) is 0 Å². The predicted molar refractivity (Wildman–Crippen MR) is 66.8 cm³/mol. The maximum Gasteiger partial charge on any atom is 0.0926 e. The van der Waals surface area contributed by atoms with E-state index in [0.29, 0.717) is 12.6 Å². The lowest BCUT2D eigenvalue weighted by Crippen LogP contribution is -2.37. The molecule has 1 aromatic heterocycles. The van der Waals surface area contributed by atoms with Gasteiger partial charge in [-0.25, -0.2) is 4.98 Å². The molecule has 0 aromatic carbocycles. The standard InChI is InChI=1S/C12H20N2OS/c1-2-12-14-11(9-16-12)8-15-7-10-5-3-4-6-13-10/h9-10,13H,2-8H2,1H3. The van der Waals surface area contributed by atoms with Gasteiger partial charge in [-0.1, -0.05) is 13.3 Å². The van der Waals surface area contributed by atoms with Crippen molar-refractivity contribution in [1.29, 1.82) is 0 Å². The Labute approximate surface area is 101 Å². The van der Waals surface area contributed by atoms with Gasteiger partial charge in [-0.05, 0) is 25.8 Å². The molecule has 0 amide bonds. The van der Waals surface area contributed by atoms with Gasteiger partial charge in [0.1, 0.15) is 0 Å². The van der Waals surface area contributed by atoms with Crippen LogP contribution in [-0.2, 0) is 17.8 Å². The summed E-state index contributed by atoms with van der Waals surface area (Å²) in [6.07, 6.45) is 4.91. The molecule has 0 bridgehead atoms. The van der Waals surface area contributed by atoms with Crippen molar-refractivity contribution in [3.05, 3.63) is 16.1 Å². The lowest BCUT2D eigenvalue weighted by atomic mass is 10.1. The van der Waals surface area contributed by atoms with Crippen molar-refractivity contribution in [1.82, 2.24) is 10.3 Å². The van der Waals surface area contributed by atoms with Gasteiger partial charge < -0.3 is 10.1 Å². The van der Waals surface area contributed by atoms with Crippen LogP contribution in [-0.4, -0.2) is 24.2 Å². The monoisotopic (exact) mass is 240 g/mol. The SMILES string of the molecule is CCc1nc(COCC2CCCCN2)cs1. The van der Waals surface area contributed by atoms with Gasteiger partial charge in [0.15, 0.2) is 0 Å². The molecular weight excluding hydrogens is 220 g/mol. The summed E-state index contributed by atoms with van der Waals surface area (Å²) in [6.45, 7) is 4.76. The lowest BCUT2D eigenvalue weighted by Gasteiger charge is -2.22. The van der Waals surface area contributed by atoms with Gasteiger partial charge in [0, 0.05) is 11.4 Å². The Morgan fingerprint density at radius 1 is 1.56 bits per heavy atom. The molecule has 2 rings (SSSR count). The smallest absolute Gasteiger partial charge is 0.0926 e. The van der Waals surface area contributed by atoms with E-state index in [2.05, 4.69) is 22.6 Å². The minimum absolute atomic E-state index is 0.554. The van der Waals surface area contributed by atoms with Crippen LogP contribution >= 0.6 is 11.3 Å². The zero-order valence-electron chi connectivity index (χ0n) is 9.87. The molecule has 1 aliphatic heterocycles. The summed E-state index contributed by atoms with van der Waals surface area (Å²) in [5, 5.41) is 6.79. The van der Waals surface area contributed by atoms with Crippen molar-refractivity contribution in [2.24, 2.45) is 0 Å². The fourth-order valence-electron chi connectivity index (χ4n) is 1.95. The van der Waals surface area contributed by atoms with E-state index in [1.165, 1.54) is 24.3 Å². The number of nitrogens with one attached hydrogen (secondary N) is 1. The van der Waals surface area contributed by atoms with E-state index in [0.717, 1.165) is 25.3 Å². The number of piperidine rings is 1. The van der Waals surface area contributed by atoms with E-state index in [4.69, 9.17) is 4.74 Å². The predicted octanol–water partition coefficient (Wildman–Crippen LogP) is 2.36. The fraction of sp³-hybridized carbons (Fsp3) is 0.750. The third-order valence-electron chi connectivity index (χ3n) is 2.88. The second-order valence-corrected chi connectivity index (χ2v) is 5.19. The molecule has 0 aliphatic carbocycles. The van der Waals surface area contributed by atoms with Crippen LogP contribution in [0.1, 0.15) is 36.9 Å². The number of aromatic nitrogens is 1. The van der Waals surface area contributed by atoms with Crippen LogP contribution in [0.25, 0.3) is 0 Å². The molecule has 1 saturated heterocycles. The Morgan fingerprint density at radius 3 is 3.19 bits per heavy atom. The zero-order valence-corrected chi connectivity index (χ0v) is 10.7. The number of ether oxygens (including phenoxy) is 1. The van der Waals surface area contributed by atoms with Crippen LogP contribution in [0.3, 0.4) is 0 Å². The third-order valence-corrected chi connectivity index (χ3v) is 3.93. The van der Waals surface area contributed by atoms with Crippen LogP contribution in [0.2, 0.25) is 0 Å². The number of nitrogens with zero attached hydrogens (tertiary/aromatic N) is 1. The maximum atomic E-state index is 5.70. The molecule has 0 spiro atoms. The molecule has 1 unspecified atom stereocenters. The molecule has 3 nitrogen and oxygen atoms in total. The highest BCUT2D eigenvalue weighted by atomic mass is 32.1. The molecule has 1 aliphatic rings. The summed E-state index contributed by atoms with van der Waals surface area (Å²) < 4.78 is 5.70. The van der Waals surface area contributed by atoms with Crippen LogP contribution in [0.15, 0.2) is 5.38 Å². The van der Waals surface area contributed by atoms with Gasteiger partial charge in [-0.2, -0.15) is 0 Å². The van der Waals surface area contributed by atoms with Gasteiger partial charge >= 0.3 is 0 Å². The highest BCUT2D eigenvalue weighted by molar-refractivity contribution is 7.09. The summed E-state index contributed by atoms with van der Waals surface area (Å²) in [7, 11) is 0. The molecule has 0 saturated carbocycles. The van der Waals surface area contributed by atoms with E-state index in [1.54, 1.807) is 11.3 Å². The maximum absolute atomic E-state index is 5.70. The molecule has 16 heavy (non-hydrogen) atoms. The average molecular weight is 240 g/mol. The van der Waals surface area contributed by atoms with Gasteiger partial charge in [-0.15, -0.1) is 11.3 Å². The first kappa shape index (κ1) is 12.0. The highest BCUT2D eigenvalue weighted by Gasteiger charge is 2.12. The molecule has 1 fully saturated rings. The minimum atomic E-state index is 0.554. The van der Waals surface area contributed by atoms with Crippen LogP contribution in [0.4, 0.5) is 0 Å². The molecule has 1 N–H and O–H groups in total. The summed E-state index contributed by atoms with van der Waals surface area (Å²) in [5.41, 5.74) is 1.08. The highest BCUT2D eigenvalue weighted by Crippen LogP contribution is 2.12. The van der Waals surface area contributed by atoms with E-state index >= 15 is 0 Å². The zero-order chi connectivity index (χ0) is 11.2. The van der Waals surface area contributed by atoms with Crippen LogP contribution in [0, 0.1) is 0 Å². The molecule has 1 atom stereocenters. The summed E-state index contributed by atoms with van der Waals surface area (Å²) in [5.74, 6) is 0. The molecule has 90 valence electrons. The number of thiazole rings is 1. The quantitative estimate of drug-likeness (QED) is 0.858. The van der Waals surface area contributed by atoms with Gasteiger partial charge in [0.25, 0.3) is 0 Å². The van der Waals surface area contributed by atoms with Crippen LogP contribution in [0.5, 0.6) is 0 Å².